The van der Waals surface area contributed by atoms with Gasteiger partial charge in [0, 0.05) is 0 Å². The van der Waals surface area contributed by atoms with Crippen LogP contribution in [0, 0.1) is 6.92 Å². The van der Waals surface area contributed by atoms with Gasteiger partial charge >= 0.3 is 0 Å². The summed E-state index contributed by atoms with van der Waals surface area (Å²) < 4.78 is 32.9. The SMILES string of the molecule is CCOc1ccc(S(=O)(=O)N[C@H](C)C(=O)Nc2c(Cl)cccc2Cl)cc1C. The third-order valence-electron chi connectivity index (χ3n) is 3.69. The maximum Gasteiger partial charge on any atom is 0.242 e. The highest BCUT2D eigenvalue weighted by atomic mass is 35.5. The van der Waals surface area contributed by atoms with Crippen molar-refractivity contribution in [2.24, 2.45) is 0 Å². The number of nitrogens with one attached hydrogen (secondary N) is 2. The van der Waals surface area contributed by atoms with Gasteiger partial charge in [-0.15, -0.1) is 0 Å². The highest BCUT2D eigenvalue weighted by Gasteiger charge is 2.23. The lowest BCUT2D eigenvalue weighted by Crippen LogP contribution is -2.41. The van der Waals surface area contributed by atoms with Gasteiger partial charge in [-0.3, -0.25) is 4.79 Å². The molecule has 0 bridgehead atoms. The molecule has 2 N–H and O–H groups in total. The fraction of sp³-hybridized carbons (Fsp3) is 0.278. The summed E-state index contributed by atoms with van der Waals surface area (Å²) in [5, 5.41) is 3.05. The van der Waals surface area contributed by atoms with E-state index < -0.39 is 22.0 Å². The van der Waals surface area contributed by atoms with Crippen molar-refractivity contribution in [1.29, 1.82) is 0 Å². The molecule has 1 amide bonds. The van der Waals surface area contributed by atoms with Gasteiger partial charge in [-0.1, -0.05) is 29.3 Å². The molecule has 6 nitrogen and oxygen atoms in total. The second-order valence-electron chi connectivity index (χ2n) is 5.79. The van der Waals surface area contributed by atoms with Crippen LogP contribution in [0.4, 0.5) is 5.69 Å². The molecule has 0 aliphatic heterocycles. The van der Waals surface area contributed by atoms with Crippen molar-refractivity contribution >= 4 is 44.8 Å². The zero-order valence-corrected chi connectivity index (χ0v) is 17.4. The summed E-state index contributed by atoms with van der Waals surface area (Å²) in [7, 11) is -3.90. The van der Waals surface area contributed by atoms with Crippen molar-refractivity contribution < 1.29 is 17.9 Å². The number of ether oxygens (including phenoxy) is 1. The Balaban J connectivity index is 2.14. The Morgan fingerprint density at radius 1 is 1.19 bits per heavy atom. The van der Waals surface area contributed by atoms with E-state index in [0.29, 0.717) is 17.9 Å². The lowest BCUT2D eigenvalue weighted by atomic mass is 10.2. The number of carbonyl (C=O) groups excluding carboxylic acids is 1. The summed E-state index contributed by atoms with van der Waals surface area (Å²) in [5.74, 6) is 0.0202. The Bertz CT molecular complexity index is 928. The number of sulfonamides is 1. The Kier molecular flexibility index (Phi) is 7.11. The summed E-state index contributed by atoms with van der Waals surface area (Å²) in [6, 6.07) is 8.23. The van der Waals surface area contributed by atoms with Crippen molar-refractivity contribution in [3.8, 4) is 5.75 Å². The van der Waals surface area contributed by atoms with E-state index in [0.717, 1.165) is 0 Å². The normalized spacial score (nSPS) is 12.5. The lowest BCUT2D eigenvalue weighted by Gasteiger charge is -2.16. The zero-order chi connectivity index (χ0) is 20.2. The van der Waals surface area contributed by atoms with Gasteiger partial charge in [0.15, 0.2) is 0 Å². The van der Waals surface area contributed by atoms with E-state index in [1.807, 2.05) is 6.92 Å². The van der Waals surface area contributed by atoms with Gasteiger partial charge in [0.25, 0.3) is 0 Å². The number of hydrogen-bond acceptors (Lipinski definition) is 4. The van der Waals surface area contributed by atoms with Crippen LogP contribution in [0.25, 0.3) is 0 Å². The minimum absolute atomic E-state index is 0.0406. The third-order valence-corrected chi connectivity index (χ3v) is 5.86. The highest BCUT2D eigenvalue weighted by molar-refractivity contribution is 7.89. The molecule has 0 spiro atoms. The van der Waals surface area contributed by atoms with Gasteiger partial charge < -0.3 is 10.1 Å². The number of hydrogen-bond donors (Lipinski definition) is 2. The van der Waals surface area contributed by atoms with E-state index >= 15 is 0 Å². The molecule has 9 heteroatoms. The maximum absolute atomic E-state index is 12.6. The van der Waals surface area contributed by atoms with E-state index in [9.17, 15) is 13.2 Å². The minimum atomic E-state index is -3.90. The summed E-state index contributed by atoms with van der Waals surface area (Å²) in [4.78, 5) is 12.4. The number of aryl methyl sites for hydroxylation is 1. The predicted molar refractivity (Wildman–Crippen MR) is 107 cm³/mol. The summed E-state index contributed by atoms with van der Waals surface area (Å²) in [6.45, 7) is 5.50. The van der Waals surface area contributed by atoms with Gasteiger partial charge in [-0.05, 0) is 56.7 Å². The van der Waals surface area contributed by atoms with Gasteiger partial charge in [0.1, 0.15) is 5.75 Å². The predicted octanol–water partition coefficient (Wildman–Crippen LogP) is 4.01. The number of carbonyl (C=O) groups is 1. The maximum atomic E-state index is 12.6. The van der Waals surface area contributed by atoms with Gasteiger partial charge in [-0.25, -0.2) is 8.42 Å². The first-order chi connectivity index (χ1) is 12.7. The molecule has 0 fully saturated rings. The van der Waals surface area contributed by atoms with Crippen molar-refractivity contribution in [1.82, 2.24) is 4.72 Å². The second-order valence-corrected chi connectivity index (χ2v) is 8.32. The van der Waals surface area contributed by atoms with Gasteiger partial charge in [0.2, 0.25) is 15.9 Å². The highest BCUT2D eigenvalue weighted by Crippen LogP contribution is 2.30. The molecule has 27 heavy (non-hydrogen) atoms. The molecule has 2 aromatic carbocycles. The fourth-order valence-corrected chi connectivity index (χ4v) is 4.09. The molecular formula is C18H20Cl2N2O4S. The molecule has 0 aromatic heterocycles. The standard InChI is InChI=1S/C18H20Cl2N2O4S/c1-4-26-16-9-8-13(10-11(16)2)27(24,25)22-12(3)18(23)21-17-14(19)6-5-7-15(17)20/h5-10,12,22H,4H2,1-3H3,(H,21,23)/t12-/m1/s1. The van der Waals surface area contributed by atoms with Crippen LogP contribution in [0.2, 0.25) is 10.0 Å². The van der Waals surface area contributed by atoms with Crippen molar-refractivity contribution in [3.63, 3.8) is 0 Å². The molecule has 2 rings (SSSR count). The number of amides is 1. The molecular weight excluding hydrogens is 411 g/mol. The number of halogens is 2. The summed E-state index contributed by atoms with van der Waals surface area (Å²) >= 11 is 12.0. The van der Waals surface area contributed by atoms with Crippen LogP contribution in [0.5, 0.6) is 5.75 Å². The minimum Gasteiger partial charge on any atom is -0.494 e. The van der Waals surface area contributed by atoms with E-state index in [4.69, 9.17) is 27.9 Å². The van der Waals surface area contributed by atoms with E-state index in [-0.39, 0.29) is 20.6 Å². The average Bonchev–Trinajstić information content (AvgIpc) is 2.59. The van der Waals surface area contributed by atoms with Crippen LogP contribution >= 0.6 is 23.2 Å². The molecule has 0 saturated carbocycles. The van der Waals surface area contributed by atoms with Crippen molar-refractivity contribution in [2.75, 3.05) is 11.9 Å². The largest absolute Gasteiger partial charge is 0.494 e. The first-order valence-electron chi connectivity index (χ1n) is 8.16. The van der Waals surface area contributed by atoms with Crippen molar-refractivity contribution in [3.05, 3.63) is 52.0 Å². The van der Waals surface area contributed by atoms with E-state index in [2.05, 4.69) is 10.0 Å². The van der Waals surface area contributed by atoms with Gasteiger partial charge in [0.05, 0.1) is 33.3 Å². The van der Waals surface area contributed by atoms with Crippen LogP contribution in [-0.2, 0) is 14.8 Å². The number of rotatable bonds is 7. The first-order valence-corrected chi connectivity index (χ1v) is 10.4. The van der Waals surface area contributed by atoms with Crippen LogP contribution < -0.4 is 14.8 Å². The Hall–Kier alpha value is -1.80. The molecule has 0 heterocycles. The Labute approximate surface area is 168 Å². The van der Waals surface area contributed by atoms with Crippen LogP contribution in [0.15, 0.2) is 41.3 Å². The van der Waals surface area contributed by atoms with Crippen LogP contribution in [0.3, 0.4) is 0 Å². The smallest absolute Gasteiger partial charge is 0.242 e. The fourth-order valence-electron chi connectivity index (χ4n) is 2.31. The summed E-state index contributed by atoms with van der Waals surface area (Å²) in [5.41, 5.74) is 0.911. The molecule has 146 valence electrons. The Morgan fingerprint density at radius 3 is 2.37 bits per heavy atom. The number of para-hydroxylation sites is 1. The third kappa shape index (κ3) is 5.35. The topological polar surface area (TPSA) is 84.5 Å². The Morgan fingerprint density at radius 2 is 1.81 bits per heavy atom. The van der Waals surface area contributed by atoms with Crippen molar-refractivity contribution in [2.45, 2.75) is 31.7 Å². The average molecular weight is 431 g/mol. The lowest BCUT2D eigenvalue weighted by molar-refractivity contribution is -0.117. The second kappa shape index (κ2) is 8.93. The monoisotopic (exact) mass is 430 g/mol. The molecule has 1 atom stereocenters. The first kappa shape index (κ1) is 21.5. The number of anilines is 1. The molecule has 0 saturated heterocycles. The quantitative estimate of drug-likeness (QED) is 0.694. The van der Waals surface area contributed by atoms with E-state index in [1.54, 1.807) is 31.2 Å². The molecule has 0 aliphatic rings. The van der Waals surface area contributed by atoms with E-state index in [1.165, 1.54) is 19.1 Å². The molecule has 0 radical (unpaired) electrons. The van der Waals surface area contributed by atoms with Crippen LogP contribution in [0.1, 0.15) is 19.4 Å². The molecule has 0 aliphatic carbocycles. The van der Waals surface area contributed by atoms with Gasteiger partial charge in [-0.2, -0.15) is 4.72 Å². The van der Waals surface area contributed by atoms with Crippen LogP contribution in [-0.4, -0.2) is 27.0 Å². The molecule has 2 aromatic rings. The number of benzene rings is 2. The zero-order valence-electron chi connectivity index (χ0n) is 15.0. The molecule has 0 unspecified atom stereocenters. The summed E-state index contributed by atoms with van der Waals surface area (Å²) in [6.07, 6.45) is 0.